The Morgan fingerprint density at radius 1 is 1.04 bits per heavy atom. The van der Waals surface area contributed by atoms with Crippen molar-refractivity contribution in [3.63, 3.8) is 0 Å². The Bertz CT molecular complexity index is 1230. The number of halogens is 2. The Labute approximate surface area is 152 Å². The molecule has 0 radical (unpaired) electrons. The zero-order valence-corrected chi connectivity index (χ0v) is 14.1. The minimum Gasteiger partial charge on any atom is -0.367 e. The van der Waals surface area contributed by atoms with Crippen LogP contribution in [0.3, 0.4) is 0 Å². The zero-order valence-electron chi connectivity index (χ0n) is 13.3. The Hall–Kier alpha value is -3.25. The van der Waals surface area contributed by atoms with Crippen LogP contribution in [-0.4, -0.2) is 20.3 Å². The molecule has 7 heteroatoms. The van der Waals surface area contributed by atoms with Gasteiger partial charge in [-0.2, -0.15) is 0 Å². The van der Waals surface area contributed by atoms with Gasteiger partial charge in [-0.25, -0.2) is 18.9 Å². The van der Waals surface area contributed by atoms with Crippen LogP contribution in [0.25, 0.3) is 16.8 Å². The highest BCUT2D eigenvalue weighted by molar-refractivity contribution is 6.31. The molecule has 2 aromatic carbocycles. The van der Waals surface area contributed by atoms with Gasteiger partial charge in [0.15, 0.2) is 0 Å². The van der Waals surface area contributed by atoms with Gasteiger partial charge in [0.05, 0.1) is 16.4 Å². The number of aliphatic imine (C=N–C) groups is 1. The summed E-state index contributed by atoms with van der Waals surface area (Å²) in [7, 11) is 0. The van der Waals surface area contributed by atoms with E-state index in [9.17, 15) is 4.39 Å². The highest BCUT2D eigenvalue weighted by Crippen LogP contribution is 2.38. The molecule has 4 aromatic rings. The quantitative estimate of drug-likeness (QED) is 0.484. The topological polar surface area (TPSA) is 68.6 Å². The lowest BCUT2D eigenvalue weighted by Gasteiger charge is -2.06. The maximum absolute atomic E-state index is 14.1. The smallest absolute Gasteiger partial charge is 0.238 e. The Morgan fingerprint density at radius 2 is 1.88 bits per heavy atom. The van der Waals surface area contributed by atoms with E-state index in [-0.39, 0.29) is 11.0 Å². The van der Waals surface area contributed by atoms with Gasteiger partial charge in [0.2, 0.25) is 5.95 Å². The van der Waals surface area contributed by atoms with Gasteiger partial charge >= 0.3 is 0 Å². The standard InChI is InChI=1S/C19H11ClFN5/c20-13-6-5-10(9-14(13)21)16-12-7-8-26-18(12)17(24-19(22)25-26)11-3-1-2-4-15(11)23-16/h1-9H,(H2,22,25). The third-order valence-electron chi connectivity index (χ3n) is 4.37. The van der Waals surface area contributed by atoms with Crippen molar-refractivity contribution < 1.29 is 4.39 Å². The number of anilines is 1. The van der Waals surface area contributed by atoms with E-state index >= 15 is 0 Å². The van der Waals surface area contributed by atoms with Crippen LogP contribution in [0.4, 0.5) is 16.0 Å². The van der Waals surface area contributed by atoms with Crippen molar-refractivity contribution in [1.29, 1.82) is 0 Å². The summed E-state index contributed by atoms with van der Waals surface area (Å²) in [6, 6.07) is 14.2. The van der Waals surface area contributed by atoms with E-state index in [1.54, 1.807) is 16.8 Å². The molecule has 3 heterocycles. The molecule has 0 spiro atoms. The molecular formula is C19H11ClFN5. The number of para-hydroxylation sites is 1. The van der Waals surface area contributed by atoms with Crippen molar-refractivity contribution in [3.05, 3.63) is 76.7 Å². The molecular weight excluding hydrogens is 353 g/mol. The van der Waals surface area contributed by atoms with E-state index < -0.39 is 5.82 Å². The summed E-state index contributed by atoms with van der Waals surface area (Å²) in [5.41, 5.74) is 11.0. The summed E-state index contributed by atoms with van der Waals surface area (Å²) in [6.07, 6.45) is 1.79. The molecule has 0 bridgehead atoms. The van der Waals surface area contributed by atoms with Crippen molar-refractivity contribution in [2.45, 2.75) is 0 Å². The van der Waals surface area contributed by atoms with Gasteiger partial charge in [-0.1, -0.05) is 35.9 Å². The lowest BCUT2D eigenvalue weighted by Crippen LogP contribution is -2.06. The molecule has 0 fully saturated rings. The second-order valence-corrected chi connectivity index (χ2v) is 6.35. The molecule has 1 aliphatic rings. The van der Waals surface area contributed by atoms with Gasteiger partial charge in [0.25, 0.3) is 0 Å². The molecule has 0 saturated heterocycles. The number of rotatable bonds is 1. The monoisotopic (exact) mass is 363 g/mol. The molecule has 0 atom stereocenters. The Kier molecular flexibility index (Phi) is 3.11. The number of hydrogen-bond acceptors (Lipinski definition) is 4. The largest absolute Gasteiger partial charge is 0.367 e. The van der Waals surface area contributed by atoms with Gasteiger partial charge in [-0.3, -0.25) is 0 Å². The summed E-state index contributed by atoms with van der Waals surface area (Å²) >= 11 is 5.84. The van der Waals surface area contributed by atoms with Crippen molar-refractivity contribution in [3.8, 4) is 11.3 Å². The number of fused-ring (bicyclic) bond motifs is 2. The van der Waals surface area contributed by atoms with E-state index in [1.165, 1.54) is 12.1 Å². The summed E-state index contributed by atoms with van der Waals surface area (Å²) in [6.45, 7) is 0. The van der Waals surface area contributed by atoms with Crippen LogP contribution >= 0.6 is 11.6 Å². The van der Waals surface area contributed by atoms with E-state index in [1.807, 2.05) is 30.3 Å². The van der Waals surface area contributed by atoms with Crippen molar-refractivity contribution in [2.75, 3.05) is 5.73 Å². The van der Waals surface area contributed by atoms with Gasteiger partial charge < -0.3 is 5.73 Å². The minimum atomic E-state index is -0.492. The average Bonchev–Trinajstić information content (AvgIpc) is 2.99. The van der Waals surface area contributed by atoms with E-state index in [2.05, 4.69) is 10.1 Å². The molecule has 26 heavy (non-hydrogen) atoms. The zero-order chi connectivity index (χ0) is 17.8. The molecule has 5 nitrogen and oxygen atoms in total. The van der Waals surface area contributed by atoms with Gasteiger partial charge in [-0.15, -0.1) is 5.10 Å². The predicted octanol–water partition coefficient (Wildman–Crippen LogP) is 4.25. The molecule has 0 aliphatic carbocycles. The van der Waals surface area contributed by atoms with Crippen LogP contribution in [0.5, 0.6) is 0 Å². The number of nitrogens with two attached hydrogens (primary N) is 1. The van der Waals surface area contributed by atoms with E-state index in [0.29, 0.717) is 17.0 Å². The maximum atomic E-state index is 14.1. The Morgan fingerprint density at radius 3 is 2.73 bits per heavy atom. The maximum Gasteiger partial charge on any atom is 0.238 e. The molecule has 126 valence electrons. The highest BCUT2D eigenvalue weighted by atomic mass is 35.5. The lowest BCUT2D eigenvalue weighted by molar-refractivity contribution is 0.628. The fraction of sp³-hybridized carbons (Fsp3) is 0. The summed E-state index contributed by atoms with van der Waals surface area (Å²) < 4.78 is 15.7. The lowest BCUT2D eigenvalue weighted by atomic mass is 10.0. The number of nitrogens with zero attached hydrogens (tertiary/aromatic N) is 4. The van der Waals surface area contributed by atoms with E-state index in [4.69, 9.17) is 22.3 Å². The molecule has 0 saturated carbocycles. The van der Waals surface area contributed by atoms with Crippen LogP contribution in [0.15, 0.2) is 59.7 Å². The highest BCUT2D eigenvalue weighted by Gasteiger charge is 2.23. The first-order valence-electron chi connectivity index (χ1n) is 7.90. The third-order valence-corrected chi connectivity index (χ3v) is 4.67. The molecule has 0 unspecified atom stereocenters. The van der Waals surface area contributed by atoms with Gasteiger partial charge in [-0.05, 0) is 24.3 Å². The molecule has 1 aliphatic heterocycles. The van der Waals surface area contributed by atoms with Crippen LogP contribution in [-0.2, 0) is 0 Å². The first-order chi connectivity index (χ1) is 12.6. The van der Waals surface area contributed by atoms with E-state index in [0.717, 1.165) is 22.3 Å². The normalized spacial score (nSPS) is 12.6. The average molecular weight is 364 g/mol. The molecule has 5 rings (SSSR count). The fourth-order valence-electron chi connectivity index (χ4n) is 3.24. The number of hydrogen-bond donors (Lipinski definition) is 1. The second kappa shape index (κ2) is 5.37. The number of benzene rings is 2. The third kappa shape index (κ3) is 2.12. The van der Waals surface area contributed by atoms with Crippen LogP contribution < -0.4 is 5.73 Å². The van der Waals surface area contributed by atoms with Crippen LogP contribution in [0.2, 0.25) is 5.02 Å². The van der Waals surface area contributed by atoms with Crippen LogP contribution in [0.1, 0.15) is 11.1 Å². The molecule has 0 amide bonds. The number of aromatic nitrogens is 3. The summed E-state index contributed by atoms with van der Waals surface area (Å²) in [5, 5.41) is 4.32. The van der Waals surface area contributed by atoms with Gasteiger partial charge in [0, 0.05) is 22.9 Å². The molecule has 2 N–H and O–H groups in total. The van der Waals surface area contributed by atoms with Crippen LogP contribution in [0, 0.1) is 5.82 Å². The van der Waals surface area contributed by atoms with Crippen molar-refractivity contribution >= 4 is 34.5 Å². The second-order valence-electron chi connectivity index (χ2n) is 5.95. The van der Waals surface area contributed by atoms with Crippen molar-refractivity contribution in [2.24, 2.45) is 4.99 Å². The molecule has 2 aromatic heterocycles. The fourth-order valence-corrected chi connectivity index (χ4v) is 3.35. The first-order valence-corrected chi connectivity index (χ1v) is 8.28. The first kappa shape index (κ1) is 15.0. The minimum absolute atomic E-state index is 0.0712. The van der Waals surface area contributed by atoms with Crippen molar-refractivity contribution in [1.82, 2.24) is 14.6 Å². The SMILES string of the molecule is Nc1nc2c3c(ccn3n1)C(c1ccc(Cl)c(F)c1)=Nc1ccccc1-2. The van der Waals surface area contributed by atoms with Gasteiger partial charge in [0.1, 0.15) is 17.0 Å². The number of nitrogen functional groups attached to an aromatic ring is 1. The predicted molar refractivity (Wildman–Crippen MR) is 99.5 cm³/mol. The summed E-state index contributed by atoms with van der Waals surface area (Å²) in [5.74, 6) is -0.320. The summed E-state index contributed by atoms with van der Waals surface area (Å²) in [4.78, 5) is 9.25. The Balaban J connectivity index is 1.91.